The number of methoxy groups -OCH3 is 1. The number of amides is 3. The highest BCUT2D eigenvalue weighted by atomic mass is 16.5. The molecule has 0 bridgehead atoms. The zero-order valence-electron chi connectivity index (χ0n) is 12.4. The second-order valence-electron chi connectivity index (χ2n) is 5.32. The molecule has 0 spiro atoms. The molecule has 1 fully saturated rings. The Morgan fingerprint density at radius 2 is 2.10 bits per heavy atom. The van der Waals surface area contributed by atoms with E-state index in [2.05, 4.69) is 5.32 Å². The molecule has 1 aliphatic heterocycles. The molecule has 0 aromatic rings. The number of carbonyl (C=O) groups excluding carboxylic acids is 2. The van der Waals surface area contributed by atoms with E-state index in [1.807, 2.05) is 6.92 Å². The Hall–Kier alpha value is -1.83. The number of nitrogens with zero attached hydrogens (tertiary/aromatic N) is 1. The summed E-state index contributed by atoms with van der Waals surface area (Å²) in [6.07, 6.45) is 0.624. The maximum Gasteiger partial charge on any atom is 0.317 e. The van der Waals surface area contributed by atoms with Gasteiger partial charge in [-0.25, -0.2) is 4.79 Å². The summed E-state index contributed by atoms with van der Waals surface area (Å²) in [4.78, 5) is 35.6. The molecule has 0 aromatic carbocycles. The van der Waals surface area contributed by atoms with Crippen LogP contribution in [0.15, 0.2) is 0 Å². The molecular weight excluding hydrogens is 278 g/mol. The van der Waals surface area contributed by atoms with Gasteiger partial charge in [0.2, 0.25) is 5.91 Å². The van der Waals surface area contributed by atoms with Crippen LogP contribution in [0.3, 0.4) is 0 Å². The van der Waals surface area contributed by atoms with Crippen LogP contribution in [-0.2, 0) is 14.3 Å². The van der Waals surface area contributed by atoms with E-state index in [9.17, 15) is 14.4 Å². The minimum absolute atomic E-state index is 0.0149. The maximum absolute atomic E-state index is 12.1. The average molecular weight is 301 g/mol. The number of carboxylic acids is 1. The van der Waals surface area contributed by atoms with Crippen LogP contribution in [0.25, 0.3) is 0 Å². The van der Waals surface area contributed by atoms with Crippen LogP contribution in [0, 0.1) is 5.92 Å². The average Bonchev–Trinajstić information content (AvgIpc) is 2.42. The molecule has 1 aliphatic rings. The van der Waals surface area contributed by atoms with Gasteiger partial charge in [-0.15, -0.1) is 0 Å². The minimum Gasteiger partial charge on any atom is -0.481 e. The summed E-state index contributed by atoms with van der Waals surface area (Å²) in [5.74, 6) is -1.72. The van der Waals surface area contributed by atoms with Crippen LogP contribution in [0.5, 0.6) is 0 Å². The summed E-state index contributed by atoms with van der Waals surface area (Å²) in [5, 5.41) is 11.4. The molecule has 3 atom stereocenters. The van der Waals surface area contributed by atoms with E-state index in [1.54, 1.807) is 4.90 Å². The van der Waals surface area contributed by atoms with Gasteiger partial charge in [0.05, 0.1) is 18.4 Å². The van der Waals surface area contributed by atoms with Gasteiger partial charge in [-0.3, -0.25) is 9.59 Å². The molecule has 1 saturated heterocycles. The highest BCUT2D eigenvalue weighted by Crippen LogP contribution is 2.21. The van der Waals surface area contributed by atoms with E-state index in [-0.39, 0.29) is 31.0 Å². The Bertz CT molecular complexity index is 401. The van der Waals surface area contributed by atoms with Crippen molar-refractivity contribution in [1.82, 2.24) is 10.2 Å². The molecule has 0 aliphatic carbocycles. The van der Waals surface area contributed by atoms with Crippen molar-refractivity contribution in [1.29, 1.82) is 0 Å². The van der Waals surface area contributed by atoms with Crippen molar-refractivity contribution in [3.63, 3.8) is 0 Å². The normalized spacial score (nSPS) is 23.4. The lowest BCUT2D eigenvalue weighted by atomic mass is 9.93. The predicted octanol–water partition coefficient (Wildman–Crippen LogP) is -0.228. The summed E-state index contributed by atoms with van der Waals surface area (Å²) in [7, 11) is 1.40. The number of hydrogen-bond acceptors (Lipinski definition) is 4. The van der Waals surface area contributed by atoms with E-state index in [4.69, 9.17) is 15.6 Å². The van der Waals surface area contributed by atoms with Gasteiger partial charge in [-0.2, -0.15) is 0 Å². The molecule has 3 amide bonds. The third-order valence-electron chi connectivity index (χ3n) is 3.76. The number of ether oxygens (including phenoxy) is 1. The molecule has 8 heteroatoms. The number of carbonyl (C=O) groups is 3. The number of likely N-dealkylation sites (tertiary alicyclic amines) is 1. The standard InChI is InChI=1S/C13H23N3O5/c1-8-3-4-9(12(14)19)7-16(8)13(20)15-6-10(21-2)5-11(17)18/h8-10H,3-7H2,1-2H3,(H2,14,19)(H,15,20)(H,17,18). The highest BCUT2D eigenvalue weighted by Gasteiger charge is 2.31. The van der Waals surface area contributed by atoms with E-state index >= 15 is 0 Å². The number of carboxylic acid groups (broad SMARTS) is 1. The van der Waals surface area contributed by atoms with E-state index < -0.39 is 18.0 Å². The third-order valence-corrected chi connectivity index (χ3v) is 3.76. The van der Waals surface area contributed by atoms with E-state index in [1.165, 1.54) is 7.11 Å². The molecule has 0 saturated carbocycles. The molecular formula is C13H23N3O5. The van der Waals surface area contributed by atoms with Crippen molar-refractivity contribution < 1.29 is 24.2 Å². The van der Waals surface area contributed by atoms with Crippen LogP contribution in [0.4, 0.5) is 4.79 Å². The van der Waals surface area contributed by atoms with Crippen LogP contribution in [-0.4, -0.2) is 60.3 Å². The first-order valence-corrected chi connectivity index (χ1v) is 6.93. The van der Waals surface area contributed by atoms with Crippen molar-refractivity contribution >= 4 is 17.9 Å². The van der Waals surface area contributed by atoms with Gasteiger partial charge in [0.25, 0.3) is 0 Å². The first kappa shape index (κ1) is 17.2. The molecule has 1 heterocycles. The number of piperidine rings is 1. The van der Waals surface area contributed by atoms with Crippen molar-refractivity contribution in [3.8, 4) is 0 Å². The smallest absolute Gasteiger partial charge is 0.317 e. The Labute approximate surface area is 123 Å². The minimum atomic E-state index is -0.990. The quantitative estimate of drug-likeness (QED) is 0.625. The van der Waals surface area contributed by atoms with Crippen LogP contribution in [0.1, 0.15) is 26.2 Å². The second kappa shape index (κ2) is 7.82. The Morgan fingerprint density at radius 3 is 2.62 bits per heavy atom. The number of nitrogens with one attached hydrogen (secondary N) is 1. The van der Waals surface area contributed by atoms with Gasteiger partial charge >= 0.3 is 12.0 Å². The molecule has 1 rings (SSSR count). The first-order chi connectivity index (χ1) is 9.85. The predicted molar refractivity (Wildman–Crippen MR) is 74.5 cm³/mol. The van der Waals surface area contributed by atoms with Gasteiger partial charge in [-0.05, 0) is 19.8 Å². The number of primary amides is 1. The van der Waals surface area contributed by atoms with Crippen molar-refractivity contribution in [3.05, 3.63) is 0 Å². The molecule has 3 unspecified atom stereocenters. The topological polar surface area (TPSA) is 122 Å². The lowest BCUT2D eigenvalue weighted by Crippen LogP contribution is -2.53. The van der Waals surface area contributed by atoms with Crippen LogP contribution >= 0.6 is 0 Å². The zero-order valence-corrected chi connectivity index (χ0v) is 12.4. The monoisotopic (exact) mass is 301 g/mol. The molecule has 120 valence electrons. The Balaban J connectivity index is 2.52. The number of rotatable bonds is 6. The summed E-state index contributed by atoms with van der Waals surface area (Å²) >= 11 is 0. The summed E-state index contributed by atoms with van der Waals surface area (Å²) < 4.78 is 5.00. The fraction of sp³-hybridized carbons (Fsp3) is 0.769. The summed E-state index contributed by atoms with van der Waals surface area (Å²) in [6, 6.07) is -0.318. The fourth-order valence-electron chi connectivity index (χ4n) is 2.36. The zero-order chi connectivity index (χ0) is 16.0. The van der Waals surface area contributed by atoms with Crippen molar-refractivity contribution in [2.75, 3.05) is 20.2 Å². The Kier molecular flexibility index (Phi) is 6.41. The van der Waals surface area contributed by atoms with Crippen molar-refractivity contribution in [2.24, 2.45) is 11.7 Å². The van der Waals surface area contributed by atoms with Gasteiger partial charge in [-0.1, -0.05) is 0 Å². The van der Waals surface area contributed by atoms with Gasteiger partial charge < -0.3 is 25.8 Å². The highest BCUT2D eigenvalue weighted by molar-refractivity contribution is 5.79. The first-order valence-electron chi connectivity index (χ1n) is 6.93. The number of aliphatic carboxylic acids is 1. The molecule has 8 nitrogen and oxygen atoms in total. The number of hydrogen-bond donors (Lipinski definition) is 3. The Morgan fingerprint density at radius 1 is 1.43 bits per heavy atom. The lowest BCUT2D eigenvalue weighted by molar-refractivity contribution is -0.139. The second-order valence-corrected chi connectivity index (χ2v) is 5.32. The van der Waals surface area contributed by atoms with Crippen LogP contribution < -0.4 is 11.1 Å². The lowest BCUT2D eigenvalue weighted by Gasteiger charge is -2.37. The van der Waals surface area contributed by atoms with Gasteiger partial charge in [0.1, 0.15) is 0 Å². The third kappa shape index (κ3) is 5.22. The van der Waals surface area contributed by atoms with E-state index in [0.717, 1.165) is 0 Å². The largest absolute Gasteiger partial charge is 0.481 e. The maximum atomic E-state index is 12.1. The number of urea groups is 1. The summed E-state index contributed by atoms with van der Waals surface area (Å²) in [5.41, 5.74) is 5.29. The number of nitrogens with two attached hydrogens (primary N) is 1. The van der Waals surface area contributed by atoms with Gasteiger partial charge in [0, 0.05) is 26.2 Å². The SMILES string of the molecule is COC(CNC(=O)N1CC(C(N)=O)CCC1C)CC(=O)O. The van der Waals surface area contributed by atoms with E-state index in [0.29, 0.717) is 19.4 Å². The molecule has 0 aromatic heterocycles. The van der Waals surface area contributed by atoms with Crippen molar-refractivity contribution in [2.45, 2.75) is 38.3 Å². The molecule has 21 heavy (non-hydrogen) atoms. The molecule has 0 radical (unpaired) electrons. The van der Waals surface area contributed by atoms with Gasteiger partial charge in [0.15, 0.2) is 0 Å². The van der Waals surface area contributed by atoms with Crippen LogP contribution in [0.2, 0.25) is 0 Å². The summed E-state index contributed by atoms with van der Waals surface area (Å²) in [6.45, 7) is 2.30. The fourth-order valence-corrected chi connectivity index (χ4v) is 2.36. The molecule has 4 N–H and O–H groups in total.